The van der Waals surface area contributed by atoms with Gasteiger partial charge in [0.2, 0.25) is 0 Å². The van der Waals surface area contributed by atoms with Crippen LogP contribution in [0.2, 0.25) is 0 Å². The fraction of sp³-hybridized carbons (Fsp3) is 1.00. The van der Waals surface area contributed by atoms with Gasteiger partial charge in [-0.05, 0) is 48.5 Å². The summed E-state index contributed by atoms with van der Waals surface area (Å²) < 4.78 is 17.3. The predicted molar refractivity (Wildman–Crippen MR) is 70.1 cm³/mol. The molecule has 0 aromatic carbocycles. The van der Waals surface area contributed by atoms with Crippen LogP contribution in [0.15, 0.2) is 0 Å². The summed E-state index contributed by atoms with van der Waals surface area (Å²) in [6.45, 7) is 13.4. The third-order valence-corrected chi connectivity index (χ3v) is 3.90. The van der Waals surface area contributed by atoms with E-state index >= 15 is 0 Å². The van der Waals surface area contributed by atoms with Gasteiger partial charge in [0.15, 0.2) is 0 Å². The second-order valence-electron chi connectivity index (χ2n) is 6.28. The number of hydrogen-bond donors (Lipinski definition) is 1. The van der Waals surface area contributed by atoms with Gasteiger partial charge in [0.05, 0.1) is 22.9 Å². The Morgan fingerprint density at radius 2 is 1.59 bits per heavy atom. The van der Waals surface area contributed by atoms with Gasteiger partial charge in [0.25, 0.3) is 0 Å². The van der Waals surface area contributed by atoms with E-state index < -0.39 is 11.7 Å². The summed E-state index contributed by atoms with van der Waals surface area (Å²) in [7, 11) is -0.0527. The van der Waals surface area contributed by atoms with Gasteiger partial charge in [-0.1, -0.05) is 0 Å². The summed E-state index contributed by atoms with van der Waals surface area (Å²) in [4.78, 5) is 0. The molecule has 1 aliphatic heterocycles. The molecule has 1 N–H and O–H groups in total. The standard InChI is InChI=1S/C11H24B2O4/c1-8(14)9(2,3)15-12-13-16-10(4,5)11(6,7)17-13/h8,12,14H,1-7H3. The van der Waals surface area contributed by atoms with Gasteiger partial charge < -0.3 is 19.1 Å². The van der Waals surface area contributed by atoms with E-state index in [2.05, 4.69) is 0 Å². The van der Waals surface area contributed by atoms with Crippen molar-refractivity contribution < 1.29 is 19.1 Å². The van der Waals surface area contributed by atoms with Crippen LogP contribution in [0.1, 0.15) is 48.5 Å². The molecule has 1 rings (SSSR count). The lowest BCUT2D eigenvalue weighted by Gasteiger charge is -2.32. The molecule has 17 heavy (non-hydrogen) atoms. The zero-order valence-corrected chi connectivity index (χ0v) is 12.0. The largest absolute Gasteiger partial charge is 0.441 e. The van der Waals surface area contributed by atoms with Crippen LogP contribution in [0, 0.1) is 0 Å². The first kappa shape index (κ1) is 15.0. The molecule has 0 radical (unpaired) electrons. The maximum atomic E-state index is 9.55. The van der Waals surface area contributed by atoms with Crippen LogP contribution in [-0.2, 0) is 14.0 Å². The van der Waals surface area contributed by atoms with E-state index in [1.807, 2.05) is 41.5 Å². The van der Waals surface area contributed by atoms with Crippen LogP contribution >= 0.6 is 0 Å². The molecule has 98 valence electrons. The van der Waals surface area contributed by atoms with Crippen LogP contribution in [0.4, 0.5) is 0 Å². The highest BCUT2D eigenvalue weighted by Gasteiger charge is 2.51. The Morgan fingerprint density at radius 1 is 1.18 bits per heavy atom. The monoisotopic (exact) mass is 242 g/mol. The van der Waals surface area contributed by atoms with Crippen molar-refractivity contribution >= 4 is 14.4 Å². The molecular weight excluding hydrogens is 218 g/mol. The maximum Gasteiger partial charge on any atom is 0.441 e. The Morgan fingerprint density at radius 3 is 1.94 bits per heavy atom. The molecule has 1 heterocycles. The first-order valence-electron chi connectivity index (χ1n) is 6.15. The fourth-order valence-electron chi connectivity index (χ4n) is 1.44. The average Bonchev–Trinajstić information content (AvgIpc) is 2.32. The first-order valence-corrected chi connectivity index (χ1v) is 6.15. The van der Waals surface area contributed by atoms with E-state index in [4.69, 9.17) is 14.0 Å². The minimum Gasteiger partial charge on any atom is -0.434 e. The maximum absolute atomic E-state index is 9.55. The molecule has 4 nitrogen and oxygen atoms in total. The quantitative estimate of drug-likeness (QED) is 0.750. The lowest BCUT2D eigenvalue weighted by Crippen LogP contribution is -2.42. The third-order valence-electron chi connectivity index (χ3n) is 3.90. The van der Waals surface area contributed by atoms with Crippen molar-refractivity contribution in [3.63, 3.8) is 0 Å². The van der Waals surface area contributed by atoms with Gasteiger partial charge in [-0.3, -0.25) is 0 Å². The van der Waals surface area contributed by atoms with Crippen molar-refractivity contribution in [1.82, 2.24) is 0 Å². The van der Waals surface area contributed by atoms with Crippen LogP contribution < -0.4 is 0 Å². The van der Waals surface area contributed by atoms with Crippen molar-refractivity contribution in [2.45, 2.75) is 71.4 Å². The molecule has 0 spiro atoms. The van der Waals surface area contributed by atoms with Gasteiger partial charge in [0.1, 0.15) is 0 Å². The van der Waals surface area contributed by atoms with Gasteiger partial charge >= 0.3 is 14.4 Å². The molecule has 1 saturated heterocycles. The van der Waals surface area contributed by atoms with Gasteiger partial charge in [0, 0.05) is 0 Å². The van der Waals surface area contributed by atoms with Gasteiger partial charge in [-0.2, -0.15) is 0 Å². The molecule has 0 aromatic rings. The molecule has 6 heteroatoms. The SMILES string of the molecule is CC(O)C(C)(C)OBB1OC(C)(C)C(C)(C)O1. The minimum atomic E-state index is -0.594. The Balaban J connectivity index is 2.52. The van der Waals surface area contributed by atoms with Crippen molar-refractivity contribution in [3.05, 3.63) is 0 Å². The molecule has 0 bridgehead atoms. The van der Waals surface area contributed by atoms with Gasteiger partial charge in [-0.15, -0.1) is 0 Å². The van der Waals surface area contributed by atoms with Crippen LogP contribution in [0.5, 0.6) is 0 Å². The summed E-state index contributed by atoms with van der Waals surface area (Å²) in [5.74, 6) is 0. The summed E-state index contributed by atoms with van der Waals surface area (Å²) >= 11 is 0. The topological polar surface area (TPSA) is 47.9 Å². The summed E-state index contributed by atoms with van der Waals surface area (Å²) in [5, 5.41) is 9.55. The summed E-state index contributed by atoms with van der Waals surface area (Å²) in [6, 6.07) is 0. The third kappa shape index (κ3) is 3.25. The van der Waals surface area contributed by atoms with E-state index in [1.165, 1.54) is 0 Å². The Kier molecular flexibility index (Phi) is 4.04. The van der Waals surface area contributed by atoms with Crippen LogP contribution in [0.3, 0.4) is 0 Å². The number of aliphatic hydroxyl groups excluding tert-OH is 1. The molecule has 0 aromatic heterocycles. The summed E-state index contributed by atoms with van der Waals surface area (Å²) in [6.07, 6.45) is -0.537. The van der Waals surface area contributed by atoms with E-state index in [1.54, 1.807) is 6.92 Å². The average molecular weight is 242 g/mol. The highest BCUT2D eigenvalue weighted by molar-refractivity contribution is 7.03. The molecular formula is C11H24B2O4. The van der Waals surface area contributed by atoms with Crippen LogP contribution in [-0.4, -0.2) is 42.4 Å². The Bertz CT molecular complexity index is 261. The highest BCUT2D eigenvalue weighted by atomic mass is 16.7. The number of rotatable bonds is 4. The van der Waals surface area contributed by atoms with Crippen LogP contribution in [0.25, 0.3) is 0 Å². The number of hydrogen-bond acceptors (Lipinski definition) is 4. The van der Waals surface area contributed by atoms with E-state index in [9.17, 15) is 5.11 Å². The van der Waals surface area contributed by atoms with E-state index in [0.29, 0.717) is 7.37 Å². The van der Waals surface area contributed by atoms with Crippen molar-refractivity contribution in [2.24, 2.45) is 0 Å². The Hall–Kier alpha value is -0.0301. The molecule has 1 aliphatic rings. The van der Waals surface area contributed by atoms with E-state index in [0.717, 1.165) is 0 Å². The zero-order valence-electron chi connectivity index (χ0n) is 12.0. The molecule has 0 aliphatic carbocycles. The molecule has 1 fully saturated rings. The van der Waals surface area contributed by atoms with Crippen molar-refractivity contribution in [3.8, 4) is 0 Å². The first-order chi connectivity index (χ1) is 7.48. The second-order valence-corrected chi connectivity index (χ2v) is 6.28. The lowest BCUT2D eigenvalue weighted by molar-refractivity contribution is -0.0150. The second kappa shape index (κ2) is 4.57. The molecule has 0 amide bonds. The highest BCUT2D eigenvalue weighted by Crippen LogP contribution is 2.36. The normalized spacial score (nSPS) is 24.8. The summed E-state index contributed by atoms with van der Waals surface area (Å²) in [5.41, 5.74) is -1.27. The van der Waals surface area contributed by atoms with E-state index in [-0.39, 0.29) is 18.2 Å². The van der Waals surface area contributed by atoms with Crippen molar-refractivity contribution in [1.29, 1.82) is 0 Å². The number of aliphatic hydroxyl groups is 1. The van der Waals surface area contributed by atoms with Gasteiger partial charge in [-0.25, -0.2) is 0 Å². The fourth-order valence-corrected chi connectivity index (χ4v) is 1.44. The lowest BCUT2D eigenvalue weighted by atomic mass is 9.55. The van der Waals surface area contributed by atoms with Crippen molar-refractivity contribution in [2.75, 3.05) is 0 Å². The Labute approximate surface area is 105 Å². The predicted octanol–water partition coefficient (Wildman–Crippen LogP) is 1.10. The molecule has 1 unspecified atom stereocenters. The minimum absolute atomic E-state index is 0.324. The molecule has 0 saturated carbocycles. The smallest absolute Gasteiger partial charge is 0.434 e. The zero-order chi connectivity index (χ0) is 13.5. The molecule has 1 atom stereocenters.